The summed E-state index contributed by atoms with van der Waals surface area (Å²) in [5, 5.41) is 29.7. The highest BCUT2D eigenvalue weighted by molar-refractivity contribution is 5.70. The highest BCUT2D eigenvalue weighted by Gasteiger charge is 2.18. The molecule has 0 saturated carbocycles. The largest absolute Gasteiger partial charge is 0.462 e. The summed E-state index contributed by atoms with van der Waals surface area (Å²) in [4.78, 5) is 24.0. The topological polar surface area (TPSA) is 113 Å². The van der Waals surface area contributed by atoms with E-state index in [2.05, 4.69) is 38.2 Å². The van der Waals surface area contributed by atoms with Gasteiger partial charge in [-0.2, -0.15) is 0 Å². The quantitative estimate of drug-likeness (QED) is 0.0564. The molecule has 40 heavy (non-hydrogen) atoms. The van der Waals surface area contributed by atoms with Crippen LogP contribution in [-0.2, 0) is 19.1 Å². The zero-order valence-electron chi connectivity index (χ0n) is 25.3. The zero-order valence-corrected chi connectivity index (χ0v) is 25.3. The van der Waals surface area contributed by atoms with Gasteiger partial charge in [0.1, 0.15) is 6.61 Å². The van der Waals surface area contributed by atoms with Crippen molar-refractivity contribution in [1.29, 1.82) is 0 Å². The Morgan fingerprint density at radius 1 is 0.675 bits per heavy atom. The summed E-state index contributed by atoms with van der Waals surface area (Å²) in [7, 11) is 0. The van der Waals surface area contributed by atoms with Gasteiger partial charge in [0.2, 0.25) is 0 Å². The first-order valence-electron chi connectivity index (χ1n) is 15.7. The average molecular weight is 567 g/mol. The van der Waals surface area contributed by atoms with Crippen molar-refractivity contribution in [3.05, 3.63) is 36.5 Å². The summed E-state index contributed by atoms with van der Waals surface area (Å²) in [6.07, 6.45) is 25.4. The highest BCUT2D eigenvalue weighted by Crippen LogP contribution is 2.11. The Morgan fingerprint density at radius 3 is 1.93 bits per heavy atom. The number of carbonyl (C=O) groups excluding carboxylic acids is 2. The molecule has 0 heterocycles. The van der Waals surface area contributed by atoms with Crippen molar-refractivity contribution in [2.24, 2.45) is 0 Å². The van der Waals surface area contributed by atoms with Crippen molar-refractivity contribution in [1.82, 2.24) is 0 Å². The third kappa shape index (κ3) is 25.0. The van der Waals surface area contributed by atoms with Crippen molar-refractivity contribution >= 4 is 11.9 Å². The minimum absolute atomic E-state index is 0.0710. The van der Waals surface area contributed by atoms with Crippen LogP contribution in [0.5, 0.6) is 0 Å². The Labute approximate surface area is 243 Å². The smallest absolute Gasteiger partial charge is 0.306 e. The average Bonchev–Trinajstić information content (AvgIpc) is 2.95. The Hall–Kier alpha value is -1.96. The Bertz CT molecular complexity index is 686. The lowest BCUT2D eigenvalue weighted by molar-refractivity contribution is -0.161. The van der Waals surface area contributed by atoms with E-state index in [1.165, 1.54) is 44.9 Å². The van der Waals surface area contributed by atoms with Crippen molar-refractivity contribution in [3.63, 3.8) is 0 Å². The maximum Gasteiger partial charge on any atom is 0.306 e. The van der Waals surface area contributed by atoms with Gasteiger partial charge in [0.15, 0.2) is 6.10 Å². The highest BCUT2D eigenvalue weighted by atomic mass is 16.6. The standard InChI is InChI=1S/C33H58O7/c1-3-5-7-9-11-12-13-14-15-17-18-20-23-30(35)31(36)24-22-26-32(37)39-28-29(27-34)40-33(38)25-21-19-16-10-8-6-4-2/h11-12,14-15,18,20,29-31,34-36H,3-10,13,16-17,19,21-28H2,1-2H3/b12-11-,15-14-,20-18-/t29-,30?,31?/m0/s1. The van der Waals surface area contributed by atoms with Crippen LogP contribution in [0.3, 0.4) is 0 Å². The minimum Gasteiger partial charge on any atom is -0.462 e. The molecule has 3 N–H and O–H groups in total. The molecule has 7 nitrogen and oxygen atoms in total. The van der Waals surface area contributed by atoms with Crippen LogP contribution in [-0.4, -0.2) is 58.8 Å². The van der Waals surface area contributed by atoms with Crippen LogP contribution < -0.4 is 0 Å². The molecule has 2 unspecified atom stereocenters. The van der Waals surface area contributed by atoms with Gasteiger partial charge in [0.25, 0.3) is 0 Å². The number of allylic oxidation sites excluding steroid dienone is 5. The van der Waals surface area contributed by atoms with E-state index >= 15 is 0 Å². The lowest BCUT2D eigenvalue weighted by Crippen LogP contribution is -2.28. The second-order valence-corrected chi connectivity index (χ2v) is 10.5. The summed E-state index contributed by atoms with van der Waals surface area (Å²) in [5.74, 6) is -0.887. The minimum atomic E-state index is -0.927. The number of carbonyl (C=O) groups is 2. The van der Waals surface area contributed by atoms with Crippen LogP contribution in [0.15, 0.2) is 36.5 Å². The number of aliphatic hydroxyl groups is 3. The Morgan fingerprint density at radius 2 is 1.25 bits per heavy atom. The predicted octanol–water partition coefficient (Wildman–Crippen LogP) is 6.89. The molecule has 0 aromatic carbocycles. The predicted molar refractivity (Wildman–Crippen MR) is 162 cm³/mol. The second-order valence-electron chi connectivity index (χ2n) is 10.5. The molecule has 0 aliphatic rings. The number of rotatable bonds is 27. The first-order chi connectivity index (χ1) is 19.4. The SMILES string of the molecule is CCCCC/C=C\C/C=C\C/C=C\CC(O)C(O)CCCC(=O)OC[C@H](CO)OC(=O)CCCCCCCCC. The fourth-order valence-electron chi connectivity index (χ4n) is 4.07. The molecule has 0 rings (SSSR count). The molecule has 0 saturated heterocycles. The molecule has 7 heteroatoms. The van der Waals surface area contributed by atoms with E-state index < -0.39 is 36.9 Å². The molecule has 232 valence electrons. The van der Waals surface area contributed by atoms with E-state index in [0.717, 1.165) is 38.5 Å². The van der Waals surface area contributed by atoms with E-state index in [4.69, 9.17) is 9.47 Å². The van der Waals surface area contributed by atoms with Crippen LogP contribution in [0.25, 0.3) is 0 Å². The van der Waals surface area contributed by atoms with Gasteiger partial charge in [-0.1, -0.05) is 102 Å². The number of hydrogen-bond acceptors (Lipinski definition) is 7. The van der Waals surface area contributed by atoms with Gasteiger partial charge in [-0.15, -0.1) is 0 Å². The van der Waals surface area contributed by atoms with Crippen LogP contribution in [0.4, 0.5) is 0 Å². The van der Waals surface area contributed by atoms with Gasteiger partial charge >= 0.3 is 11.9 Å². The van der Waals surface area contributed by atoms with Crippen molar-refractivity contribution < 1.29 is 34.4 Å². The monoisotopic (exact) mass is 566 g/mol. The molecule has 3 atom stereocenters. The number of aliphatic hydroxyl groups excluding tert-OH is 3. The van der Waals surface area contributed by atoms with Crippen LogP contribution >= 0.6 is 0 Å². The van der Waals surface area contributed by atoms with E-state index in [9.17, 15) is 24.9 Å². The molecule has 0 spiro atoms. The number of ether oxygens (including phenoxy) is 2. The molecule has 0 amide bonds. The Balaban J connectivity index is 3.92. The summed E-state index contributed by atoms with van der Waals surface area (Å²) < 4.78 is 10.3. The zero-order chi connectivity index (χ0) is 29.7. The molecular weight excluding hydrogens is 508 g/mol. The first-order valence-corrected chi connectivity index (χ1v) is 15.7. The molecule has 0 radical (unpaired) electrons. The van der Waals surface area contributed by atoms with Gasteiger partial charge < -0.3 is 24.8 Å². The number of unbranched alkanes of at least 4 members (excludes halogenated alkanes) is 9. The van der Waals surface area contributed by atoms with Gasteiger partial charge in [0, 0.05) is 12.8 Å². The normalized spacial score (nSPS) is 14.2. The van der Waals surface area contributed by atoms with E-state index in [0.29, 0.717) is 19.3 Å². The maximum absolute atomic E-state index is 12.0. The van der Waals surface area contributed by atoms with Crippen molar-refractivity contribution in [2.45, 2.75) is 148 Å². The first kappa shape index (κ1) is 38.0. The maximum atomic E-state index is 12.0. The molecule has 0 aliphatic heterocycles. The lowest BCUT2D eigenvalue weighted by atomic mass is 10.0. The van der Waals surface area contributed by atoms with Gasteiger partial charge in [0.05, 0.1) is 18.8 Å². The summed E-state index contributed by atoms with van der Waals surface area (Å²) in [6, 6.07) is 0. The fraction of sp³-hybridized carbons (Fsp3) is 0.758. The molecular formula is C33H58O7. The summed E-state index contributed by atoms with van der Waals surface area (Å²) in [6.45, 7) is 3.77. The third-order valence-electron chi connectivity index (χ3n) is 6.64. The number of hydrogen-bond donors (Lipinski definition) is 3. The Kier molecular flexibility index (Phi) is 27.2. The summed E-state index contributed by atoms with van der Waals surface area (Å²) in [5.41, 5.74) is 0. The van der Waals surface area contributed by atoms with Crippen molar-refractivity contribution in [2.75, 3.05) is 13.2 Å². The third-order valence-corrected chi connectivity index (χ3v) is 6.64. The van der Waals surface area contributed by atoms with E-state index in [1.54, 1.807) is 0 Å². The van der Waals surface area contributed by atoms with E-state index in [-0.39, 0.29) is 19.4 Å². The molecule has 0 aromatic heterocycles. The summed E-state index contributed by atoms with van der Waals surface area (Å²) >= 11 is 0. The molecule has 0 aromatic rings. The molecule has 0 bridgehead atoms. The van der Waals surface area contributed by atoms with Crippen molar-refractivity contribution in [3.8, 4) is 0 Å². The fourth-order valence-corrected chi connectivity index (χ4v) is 4.07. The lowest BCUT2D eigenvalue weighted by Gasteiger charge is -2.17. The van der Waals surface area contributed by atoms with Crippen LogP contribution in [0, 0.1) is 0 Å². The number of esters is 2. The van der Waals surface area contributed by atoms with Gasteiger partial charge in [-0.3, -0.25) is 9.59 Å². The molecule has 0 fully saturated rings. The van der Waals surface area contributed by atoms with Crippen LogP contribution in [0.1, 0.15) is 129 Å². The van der Waals surface area contributed by atoms with Gasteiger partial charge in [-0.25, -0.2) is 0 Å². The van der Waals surface area contributed by atoms with E-state index in [1.807, 2.05) is 12.2 Å². The second kappa shape index (κ2) is 28.6. The molecule has 0 aliphatic carbocycles. The van der Waals surface area contributed by atoms with Gasteiger partial charge in [-0.05, 0) is 51.4 Å². The van der Waals surface area contributed by atoms with Crippen LogP contribution in [0.2, 0.25) is 0 Å².